The van der Waals surface area contributed by atoms with Gasteiger partial charge in [-0.25, -0.2) is 14.4 Å². The van der Waals surface area contributed by atoms with Crippen molar-refractivity contribution in [3.05, 3.63) is 71.7 Å². The number of ether oxygens (including phenoxy) is 1. The molecule has 0 saturated carbocycles. The maximum Gasteiger partial charge on any atom is 0.387 e. The molecule has 15 heteroatoms. The molecular weight excluding hydrogens is 668 g/mol. The van der Waals surface area contributed by atoms with E-state index in [1.165, 1.54) is 23.0 Å². The molecule has 5 heterocycles. The molecule has 4 aromatic rings. The van der Waals surface area contributed by atoms with Gasteiger partial charge in [-0.15, -0.1) is 0 Å². The van der Waals surface area contributed by atoms with Crippen molar-refractivity contribution in [1.29, 1.82) is 0 Å². The van der Waals surface area contributed by atoms with Crippen LogP contribution in [0.4, 0.5) is 29.1 Å². The number of aromatic nitrogens is 3. The van der Waals surface area contributed by atoms with Crippen molar-refractivity contribution >= 4 is 29.0 Å². The summed E-state index contributed by atoms with van der Waals surface area (Å²) in [5, 5.41) is 6.54. The second-order valence-electron chi connectivity index (χ2n) is 13.3. The second kappa shape index (κ2) is 14.8. The number of fused-ring (bicyclic) bond motifs is 1. The number of piperazine rings is 1. The van der Waals surface area contributed by atoms with Crippen molar-refractivity contribution in [3.63, 3.8) is 0 Å². The number of aryl methyl sites for hydroxylation is 1. The van der Waals surface area contributed by atoms with E-state index in [1.54, 1.807) is 12.1 Å². The quantitative estimate of drug-likeness (QED) is 0.227. The fourth-order valence-corrected chi connectivity index (χ4v) is 7.20. The third kappa shape index (κ3) is 7.22. The highest BCUT2D eigenvalue weighted by atomic mass is 19.3. The third-order valence-corrected chi connectivity index (χ3v) is 10.1. The summed E-state index contributed by atoms with van der Waals surface area (Å²) in [4.78, 5) is 42.0. The van der Waals surface area contributed by atoms with Gasteiger partial charge in [0.2, 0.25) is 11.7 Å². The molecule has 3 aliphatic heterocycles. The average Bonchev–Trinajstić information content (AvgIpc) is 3.56. The number of nitrogens with zero attached hydrogens (tertiary/aromatic N) is 6. The molecule has 3 saturated heterocycles. The summed E-state index contributed by atoms with van der Waals surface area (Å²) in [5.74, 6) is -2.55. The number of hydrogen-bond donors (Lipinski definition) is 2. The summed E-state index contributed by atoms with van der Waals surface area (Å²) in [7, 11) is 0. The maximum atomic E-state index is 14.9. The Morgan fingerprint density at radius 1 is 0.980 bits per heavy atom. The van der Waals surface area contributed by atoms with E-state index in [0.717, 1.165) is 69.2 Å². The Bertz CT molecular complexity index is 1900. The molecule has 0 aliphatic carbocycles. The number of amides is 2. The highest BCUT2D eigenvalue weighted by Crippen LogP contribution is 2.33. The van der Waals surface area contributed by atoms with E-state index in [9.17, 15) is 27.2 Å². The lowest BCUT2D eigenvalue weighted by Crippen LogP contribution is -2.54. The summed E-state index contributed by atoms with van der Waals surface area (Å²) >= 11 is 0. The molecule has 270 valence electrons. The number of hydrogen-bond acceptors (Lipinski definition) is 8. The standard InChI is InChI=1S/C36H40F4N8O3/c1-2-23-17-25(44-32-33-43-20-28(48(33)12-9-42-32)27-5-6-29(51-36(39)40)31(38)30(27)37)3-4-26(23)35(50)47-15-13-46(14-16-47)34(49)24-7-10-45(11-8-24)21-22-18-41-19-22/h3-6,9,12,17,20,22,24,36,41H,2,7-8,10-11,13-16,18-19,21H2,1H3,(H,42,44). The summed E-state index contributed by atoms with van der Waals surface area (Å²) in [6, 6.07) is 7.49. The molecule has 0 radical (unpaired) electrons. The minimum atomic E-state index is -3.30. The predicted octanol–water partition coefficient (Wildman–Crippen LogP) is 4.80. The number of halogens is 4. The normalized spacial score (nSPS) is 17.6. The van der Waals surface area contributed by atoms with Crippen molar-refractivity contribution in [2.24, 2.45) is 11.8 Å². The Labute approximate surface area is 292 Å². The fraction of sp³-hybridized carbons (Fsp3) is 0.444. The Kier molecular flexibility index (Phi) is 10.1. The molecule has 7 rings (SSSR count). The zero-order valence-corrected chi connectivity index (χ0v) is 28.3. The number of carbonyl (C=O) groups is 2. The Balaban J connectivity index is 0.989. The van der Waals surface area contributed by atoms with Gasteiger partial charge in [0, 0.05) is 80.9 Å². The van der Waals surface area contributed by atoms with Crippen LogP contribution in [0.1, 0.15) is 35.7 Å². The van der Waals surface area contributed by atoms with E-state index >= 15 is 0 Å². The summed E-state index contributed by atoms with van der Waals surface area (Å²) in [5.41, 5.74) is 2.34. The van der Waals surface area contributed by atoms with Gasteiger partial charge < -0.3 is 30.1 Å². The minimum absolute atomic E-state index is 0.0505. The monoisotopic (exact) mass is 708 g/mol. The lowest BCUT2D eigenvalue weighted by atomic mass is 9.93. The van der Waals surface area contributed by atoms with Crippen LogP contribution in [-0.2, 0) is 11.2 Å². The summed E-state index contributed by atoms with van der Waals surface area (Å²) in [6.07, 6.45) is 6.68. The van der Waals surface area contributed by atoms with Crippen LogP contribution in [-0.4, -0.2) is 106 Å². The molecule has 0 unspecified atom stereocenters. The molecule has 0 spiro atoms. The maximum absolute atomic E-state index is 14.9. The fourth-order valence-electron chi connectivity index (χ4n) is 7.20. The number of alkyl halides is 2. The number of benzene rings is 2. The molecular formula is C36H40F4N8O3. The molecule has 2 aromatic heterocycles. The first-order chi connectivity index (χ1) is 24.7. The minimum Gasteiger partial charge on any atom is -0.432 e. The number of anilines is 2. The van der Waals surface area contributed by atoms with Gasteiger partial charge in [0.15, 0.2) is 23.0 Å². The topological polar surface area (TPSA) is 107 Å². The first-order valence-electron chi connectivity index (χ1n) is 17.4. The van der Waals surface area contributed by atoms with Gasteiger partial charge in [-0.1, -0.05) is 6.92 Å². The van der Waals surface area contributed by atoms with Crippen LogP contribution in [0.15, 0.2) is 48.9 Å². The molecule has 3 aliphatic rings. The molecule has 3 fully saturated rings. The van der Waals surface area contributed by atoms with Crippen molar-refractivity contribution in [3.8, 4) is 17.0 Å². The van der Waals surface area contributed by atoms with Gasteiger partial charge in [0.25, 0.3) is 5.91 Å². The van der Waals surface area contributed by atoms with Gasteiger partial charge >= 0.3 is 6.61 Å². The highest BCUT2D eigenvalue weighted by Gasteiger charge is 2.33. The first kappa shape index (κ1) is 34.7. The Morgan fingerprint density at radius 3 is 2.41 bits per heavy atom. The van der Waals surface area contributed by atoms with E-state index in [-0.39, 0.29) is 29.0 Å². The van der Waals surface area contributed by atoms with Crippen LogP contribution in [0.25, 0.3) is 16.9 Å². The molecule has 0 bridgehead atoms. The van der Waals surface area contributed by atoms with Crippen LogP contribution in [0.2, 0.25) is 0 Å². The van der Waals surface area contributed by atoms with Gasteiger partial charge in [-0.05, 0) is 74.2 Å². The first-order valence-corrected chi connectivity index (χ1v) is 17.4. The third-order valence-electron chi connectivity index (χ3n) is 10.1. The van der Waals surface area contributed by atoms with Crippen molar-refractivity contribution in [2.45, 2.75) is 32.8 Å². The zero-order valence-electron chi connectivity index (χ0n) is 28.3. The average molecular weight is 709 g/mol. The predicted molar refractivity (Wildman–Crippen MR) is 182 cm³/mol. The molecule has 11 nitrogen and oxygen atoms in total. The van der Waals surface area contributed by atoms with Gasteiger partial charge in [0.05, 0.1) is 11.9 Å². The lowest BCUT2D eigenvalue weighted by molar-refractivity contribution is -0.138. The van der Waals surface area contributed by atoms with E-state index in [1.807, 2.05) is 22.8 Å². The number of nitrogens with one attached hydrogen (secondary N) is 2. The largest absolute Gasteiger partial charge is 0.432 e. The van der Waals surface area contributed by atoms with Crippen LogP contribution in [0, 0.1) is 23.5 Å². The van der Waals surface area contributed by atoms with E-state index < -0.39 is 24.0 Å². The van der Waals surface area contributed by atoms with Crippen LogP contribution in [0.3, 0.4) is 0 Å². The van der Waals surface area contributed by atoms with E-state index in [2.05, 4.69) is 30.2 Å². The molecule has 0 atom stereocenters. The summed E-state index contributed by atoms with van der Waals surface area (Å²) < 4.78 is 60.2. The Morgan fingerprint density at radius 2 is 1.73 bits per heavy atom. The second-order valence-corrected chi connectivity index (χ2v) is 13.3. The van der Waals surface area contributed by atoms with Crippen LogP contribution in [0.5, 0.6) is 5.75 Å². The molecule has 2 aromatic carbocycles. The van der Waals surface area contributed by atoms with E-state index in [0.29, 0.717) is 55.3 Å². The summed E-state index contributed by atoms with van der Waals surface area (Å²) in [6.45, 7) is 5.86. The number of piperidine rings is 1. The number of carbonyl (C=O) groups excluding carboxylic acids is 2. The van der Waals surface area contributed by atoms with E-state index in [4.69, 9.17) is 0 Å². The zero-order chi connectivity index (χ0) is 35.6. The van der Waals surface area contributed by atoms with Crippen molar-refractivity contribution in [2.75, 3.05) is 64.2 Å². The molecule has 2 N–H and O–H groups in total. The SMILES string of the molecule is CCc1cc(Nc2nccn3c(-c4ccc(OC(F)F)c(F)c4F)cnc23)ccc1C(=O)N1CCN(C(=O)C2CCN(CC3CNC3)CC2)CC1. The van der Waals surface area contributed by atoms with Gasteiger partial charge in [-0.2, -0.15) is 13.2 Å². The van der Waals surface area contributed by atoms with Crippen molar-refractivity contribution in [1.82, 2.24) is 34.4 Å². The lowest BCUT2D eigenvalue weighted by Gasteiger charge is -2.40. The van der Waals surface area contributed by atoms with Gasteiger partial charge in [-0.3, -0.25) is 14.0 Å². The van der Waals surface area contributed by atoms with Crippen LogP contribution >= 0.6 is 0 Å². The van der Waals surface area contributed by atoms with Crippen molar-refractivity contribution < 1.29 is 31.9 Å². The van der Waals surface area contributed by atoms with Crippen LogP contribution < -0.4 is 15.4 Å². The number of imidazole rings is 1. The molecule has 51 heavy (non-hydrogen) atoms. The molecule has 2 amide bonds. The highest BCUT2D eigenvalue weighted by molar-refractivity contribution is 5.96. The van der Waals surface area contributed by atoms with Gasteiger partial charge in [0.1, 0.15) is 0 Å². The number of likely N-dealkylation sites (tertiary alicyclic amines) is 1. The number of rotatable bonds is 10. The smallest absolute Gasteiger partial charge is 0.387 e. The Hall–Kier alpha value is -4.76.